The van der Waals surface area contributed by atoms with Gasteiger partial charge in [-0.2, -0.15) is 0 Å². The topological polar surface area (TPSA) is 58.1 Å². The maximum atomic E-state index is 12.0. The van der Waals surface area contributed by atoms with Crippen LogP contribution in [-0.4, -0.2) is 29.0 Å². The molecule has 108 valence electrons. The number of benzene rings is 1. The van der Waals surface area contributed by atoms with Crippen LogP contribution in [-0.2, 0) is 6.54 Å². The molecule has 1 saturated carbocycles. The predicted molar refractivity (Wildman–Crippen MR) is 81.1 cm³/mol. The number of nitrogens with zero attached hydrogens (tertiary/aromatic N) is 3. The van der Waals surface area contributed by atoms with Crippen LogP contribution in [0.4, 0.5) is 5.82 Å². The Balaban J connectivity index is 1.70. The maximum Gasteiger partial charge on any atom is 0.270 e. The molecule has 0 atom stereocenters. The van der Waals surface area contributed by atoms with Gasteiger partial charge in [-0.05, 0) is 18.4 Å². The van der Waals surface area contributed by atoms with E-state index in [-0.39, 0.29) is 5.91 Å². The second-order valence-electron chi connectivity index (χ2n) is 5.35. The molecule has 0 bridgehead atoms. The summed E-state index contributed by atoms with van der Waals surface area (Å²) in [5.41, 5.74) is 1.62. The van der Waals surface area contributed by atoms with E-state index >= 15 is 0 Å². The molecular formula is C16H18N4O. The van der Waals surface area contributed by atoms with Crippen LogP contribution in [0.5, 0.6) is 0 Å². The minimum atomic E-state index is -0.116. The molecule has 0 radical (unpaired) electrons. The van der Waals surface area contributed by atoms with Crippen molar-refractivity contribution in [2.75, 3.05) is 11.9 Å². The van der Waals surface area contributed by atoms with Gasteiger partial charge in [0.1, 0.15) is 17.8 Å². The first-order valence-corrected chi connectivity index (χ1v) is 7.10. The summed E-state index contributed by atoms with van der Waals surface area (Å²) in [5.74, 6) is 0.629. The zero-order valence-electron chi connectivity index (χ0n) is 12.0. The van der Waals surface area contributed by atoms with Crippen LogP contribution < -0.4 is 10.2 Å². The Hall–Kier alpha value is -2.43. The first-order valence-electron chi connectivity index (χ1n) is 7.10. The molecule has 5 heteroatoms. The number of aromatic nitrogens is 2. The van der Waals surface area contributed by atoms with Crippen molar-refractivity contribution < 1.29 is 4.79 Å². The van der Waals surface area contributed by atoms with E-state index in [4.69, 9.17) is 0 Å². The smallest absolute Gasteiger partial charge is 0.270 e. The van der Waals surface area contributed by atoms with E-state index in [1.165, 1.54) is 11.9 Å². The van der Waals surface area contributed by atoms with Gasteiger partial charge in [0.2, 0.25) is 0 Å². The Morgan fingerprint density at radius 3 is 2.76 bits per heavy atom. The Kier molecular flexibility index (Phi) is 3.81. The SMILES string of the molecule is CN(Cc1ccccc1)c1cc(C(=O)NC2CC2)ncn1. The standard InChI is InChI=1S/C16H18N4O/c1-20(10-12-5-3-2-4-6-12)15-9-14(17-11-18-15)16(21)19-13-7-8-13/h2-6,9,11,13H,7-8,10H2,1H3,(H,19,21). The van der Waals surface area contributed by atoms with Crippen molar-refractivity contribution in [2.45, 2.75) is 25.4 Å². The summed E-state index contributed by atoms with van der Waals surface area (Å²) in [6.07, 6.45) is 3.58. The number of hydrogen-bond donors (Lipinski definition) is 1. The molecule has 1 fully saturated rings. The summed E-state index contributed by atoms with van der Waals surface area (Å²) in [6, 6.07) is 12.2. The fourth-order valence-corrected chi connectivity index (χ4v) is 2.11. The Bertz CT molecular complexity index is 625. The summed E-state index contributed by atoms with van der Waals surface area (Å²) in [4.78, 5) is 22.3. The zero-order valence-corrected chi connectivity index (χ0v) is 12.0. The Morgan fingerprint density at radius 1 is 1.29 bits per heavy atom. The summed E-state index contributed by atoms with van der Waals surface area (Å²) in [5, 5.41) is 2.94. The summed E-state index contributed by atoms with van der Waals surface area (Å²) in [6.45, 7) is 0.738. The quantitative estimate of drug-likeness (QED) is 0.911. The van der Waals surface area contributed by atoms with Gasteiger partial charge in [0, 0.05) is 25.7 Å². The van der Waals surface area contributed by atoms with Gasteiger partial charge < -0.3 is 10.2 Å². The average molecular weight is 282 g/mol. The molecule has 0 unspecified atom stereocenters. The molecule has 1 amide bonds. The minimum Gasteiger partial charge on any atom is -0.355 e. The monoisotopic (exact) mass is 282 g/mol. The fraction of sp³-hybridized carbons (Fsp3) is 0.312. The second kappa shape index (κ2) is 5.91. The Labute approximate surface area is 124 Å². The third kappa shape index (κ3) is 3.56. The summed E-state index contributed by atoms with van der Waals surface area (Å²) >= 11 is 0. The van der Waals surface area contributed by atoms with Gasteiger partial charge in [-0.3, -0.25) is 4.79 Å². The number of rotatable bonds is 5. The molecule has 1 aromatic carbocycles. The number of anilines is 1. The number of carbonyl (C=O) groups is 1. The van der Waals surface area contributed by atoms with Gasteiger partial charge in [0.05, 0.1) is 0 Å². The largest absolute Gasteiger partial charge is 0.355 e. The van der Waals surface area contributed by atoms with Gasteiger partial charge in [-0.25, -0.2) is 9.97 Å². The molecule has 5 nitrogen and oxygen atoms in total. The molecule has 1 aliphatic carbocycles. The van der Waals surface area contributed by atoms with E-state index in [1.807, 2.05) is 30.1 Å². The third-order valence-corrected chi connectivity index (χ3v) is 3.45. The number of amides is 1. The molecule has 1 heterocycles. The Morgan fingerprint density at radius 2 is 2.05 bits per heavy atom. The van der Waals surface area contributed by atoms with Gasteiger partial charge in [-0.15, -0.1) is 0 Å². The lowest BCUT2D eigenvalue weighted by Gasteiger charge is -2.18. The number of nitrogens with one attached hydrogen (secondary N) is 1. The lowest BCUT2D eigenvalue weighted by molar-refractivity contribution is 0.0946. The van der Waals surface area contributed by atoms with Gasteiger partial charge in [-0.1, -0.05) is 30.3 Å². The predicted octanol–water partition coefficient (Wildman–Crippen LogP) is 2.01. The van der Waals surface area contributed by atoms with Crippen molar-refractivity contribution in [3.05, 3.63) is 54.0 Å². The summed E-state index contributed by atoms with van der Waals surface area (Å²) in [7, 11) is 1.96. The van der Waals surface area contributed by atoms with Crippen molar-refractivity contribution in [1.82, 2.24) is 15.3 Å². The molecule has 1 N–H and O–H groups in total. The molecule has 1 aliphatic rings. The van der Waals surface area contributed by atoms with Crippen molar-refractivity contribution >= 4 is 11.7 Å². The van der Waals surface area contributed by atoms with Crippen LogP contribution in [0.25, 0.3) is 0 Å². The fourth-order valence-electron chi connectivity index (χ4n) is 2.11. The maximum absolute atomic E-state index is 12.0. The normalized spacial score (nSPS) is 13.8. The van der Waals surface area contributed by atoms with Crippen LogP contribution in [0.2, 0.25) is 0 Å². The molecular weight excluding hydrogens is 264 g/mol. The highest BCUT2D eigenvalue weighted by Gasteiger charge is 2.24. The van der Waals surface area contributed by atoms with Crippen molar-refractivity contribution in [3.8, 4) is 0 Å². The molecule has 21 heavy (non-hydrogen) atoms. The average Bonchev–Trinajstić information content (AvgIpc) is 3.32. The van der Waals surface area contributed by atoms with E-state index in [1.54, 1.807) is 6.07 Å². The van der Waals surface area contributed by atoms with E-state index in [2.05, 4.69) is 27.4 Å². The van der Waals surface area contributed by atoms with Crippen LogP contribution >= 0.6 is 0 Å². The lowest BCUT2D eigenvalue weighted by atomic mass is 10.2. The van der Waals surface area contributed by atoms with E-state index in [0.717, 1.165) is 25.2 Å². The first kappa shape index (κ1) is 13.5. The molecule has 3 rings (SSSR count). The summed E-state index contributed by atoms with van der Waals surface area (Å²) < 4.78 is 0. The van der Waals surface area contributed by atoms with E-state index < -0.39 is 0 Å². The van der Waals surface area contributed by atoms with Crippen LogP contribution in [0.3, 0.4) is 0 Å². The van der Waals surface area contributed by atoms with Crippen LogP contribution in [0.15, 0.2) is 42.7 Å². The van der Waals surface area contributed by atoms with Gasteiger partial charge >= 0.3 is 0 Å². The lowest BCUT2D eigenvalue weighted by Crippen LogP contribution is -2.27. The van der Waals surface area contributed by atoms with E-state index in [9.17, 15) is 4.79 Å². The van der Waals surface area contributed by atoms with Crippen molar-refractivity contribution in [3.63, 3.8) is 0 Å². The van der Waals surface area contributed by atoms with Crippen LogP contribution in [0, 0.1) is 0 Å². The second-order valence-corrected chi connectivity index (χ2v) is 5.35. The molecule has 1 aromatic heterocycles. The minimum absolute atomic E-state index is 0.116. The molecule has 0 spiro atoms. The number of carbonyl (C=O) groups excluding carboxylic acids is 1. The van der Waals surface area contributed by atoms with Gasteiger partial charge in [0.15, 0.2) is 0 Å². The molecule has 0 aliphatic heterocycles. The van der Waals surface area contributed by atoms with Crippen molar-refractivity contribution in [2.24, 2.45) is 0 Å². The third-order valence-electron chi connectivity index (χ3n) is 3.45. The highest BCUT2D eigenvalue weighted by Crippen LogP contribution is 2.19. The number of hydrogen-bond acceptors (Lipinski definition) is 4. The molecule has 2 aromatic rings. The van der Waals surface area contributed by atoms with Crippen molar-refractivity contribution in [1.29, 1.82) is 0 Å². The van der Waals surface area contributed by atoms with Gasteiger partial charge in [0.25, 0.3) is 5.91 Å². The highest BCUT2D eigenvalue weighted by molar-refractivity contribution is 5.93. The zero-order chi connectivity index (χ0) is 14.7. The first-order chi connectivity index (χ1) is 10.2. The molecule has 0 saturated heterocycles. The van der Waals surface area contributed by atoms with E-state index in [0.29, 0.717) is 11.7 Å². The highest BCUT2D eigenvalue weighted by atomic mass is 16.2. The van der Waals surface area contributed by atoms with Crippen LogP contribution in [0.1, 0.15) is 28.9 Å².